The number of nitrogens with one attached hydrogen (secondary N) is 1. The SMILES string of the molecule is C[C@H](NC(=O)CCN(Cc1ccco1)c1nc(C2CC2)nc2ccccc12)c1ccccc1. The minimum atomic E-state index is -0.0430. The number of amides is 1. The molecule has 1 amide bonds. The number of para-hydroxylation sites is 1. The number of hydrogen-bond donors (Lipinski definition) is 1. The van der Waals surface area contributed by atoms with Crippen molar-refractivity contribution in [1.82, 2.24) is 15.3 Å². The van der Waals surface area contributed by atoms with Gasteiger partial charge in [-0.1, -0.05) is 42.5 Å². The van der Waals surface area contributed by atoms with Gasteiger partial charge in [0.15, 0.2) is 0 Å². The van der Waals surface area contributed by atoms with Crippen LogP contribution >= 0.6 is 0 Å². The number of furan rings is 1. The first-order chi connectivity index (χ1) is 16.2. The molecule has 1 aliphatic rings. The molecule has 2 aromatic carbocycles. The van der Waals surface area contributed by atoms with E-state index >= 15 is 0 Å². The molecule has 1 atom stereocenters. The first-order valence-electron chi connectivity index (χ1n) is 11.6. The zero-order valence-corrected chi connectivity index (χ0v) is 18.8. The lowest BCUT2D eigenvalue weighted by Crippen LogP contribution is -2.32. The topological polar surface area (TPSA) is 71.3 Å². The number of hydrogen-bond acceptors (Lipinski definition) is 5. The Bertz CT molecular complexity index is 1220. The monoisotopic (exact) mass is 440 g/mol. The summed E-state index contributed by atoms with van der Waals surface area (Å²) in [6, 6.07) is 21.9. The zero-order chi connectivity index (χ0) is 22.6. The minimum Gasteiger partial charge on any atom is -0.467 e. The van der Waals surface area contributed by atoms with Crippen LogP contribution in [0.3, 0.4) is 0 Å². The van der Waals surface area contributed by atoms with Gasteiger partial charge in [-0.2, -0.15) is 0 Å². The molecule has 2 aromatic heterocycles. The van der Waals surface area contributed by atoms with Crippen LogP contribution in [0, 0.1) is 0 Å². The fourth-order valence-corrected chi connectivity index (χ4v) is 4.07. The fraction of sp³-hybridized carbons (Fsp3) is 0.296. The highest BCUT2D eigenvalue weighted by molar-refractivity contribution is 5.90. The Morgan fingerprint density at radius 1 is 1.06 bits per heavy atom. The highest BCUT2D eigenvalue weighted by atomic mass is 16.3. The molecule has 1 N–H and O–H groups in total. The molecule has 5 rings (SSSR count). The van der Waals surface area contributed by atoms with E-state index in [2.05, 4.69) is 10.2 Å². The second-order valence-electron chi connectivity index (χ2n) is 8.65. The van der Waals surface area contributed by atoms with Gasteiger partial charge in [-0.25, -0.2) is 9.97 Å². The van der Waals surface area contributed by atoms with E-state index in [9.17, 15) is 4.79 Å². The number of benzene rings is 2. The molecule has 1 saturated carbocycles. The maximum Gasteiger partial charge on any atom is 0.222 e. The molecule has 6 nitrogen and oxygen atoms in total. The molecule has 0 aliphatic heterocycles. The van der Waals surface area contributed by atoms with Crippen molar-refractivity contribution in [3.05, 3.63) is 90.1 Å². The molecular formula is C27H28N4O2. The standard InChI is InChI=1S/C27H28N4O2/c1-19(20-8-3-2-4-9-20)28-25(32)15-16-31(18-22-10-7-17-33-22)27-23-11-5-6-12-24(23)29-26(30-27)21-13-14-21/h2-12,17,19,21H,13-16,18H2,1H3,(H,28,32)/t19-/m0/s1. The molecule has 0 saturated heterocycles. The van der Waals surface area contributed by atoms with E-state index in [1.807, 2.05) is 73.7 Å². The smallest absolute Gasteiger partial charge is 0.222 e. The van der Waals surface area contributed by atoms with E-state index < -0.39 is 0 Å². The van der Waals surface area contributed by atoms with Crippen LogP contribution in [-0.4, -0.2) is 22.4 Å². The summed E-state index contributed by atoms with van der Waals surface area (Å²) in [6.45, 7) is 3.08. The lowest BCUT2D eigenvalue weighted by molar-refractivity contribution is -0.121. The normalized spacial score (nSPS) is 14.2. The highest BCUT2D eigenvalue weighted by Gasteiger charge is 2.28. The summed E-state index contributed by atoms with van der Waals surface area (Å²) in [7, 11) is 0. The quantitative estimate of drug-likeness (QED) is 0.379. The lowest BCUT2D eigenvalue weighted by Gasteiger charge is -2.25. The molecule has 0 unspecified atom stereocenters. The van der Waals surface area contributed by atoms with Crippen LogP contribution in [0.25, 0.3) is 10.9 Å². The predicted molar refractivity (Wildman–Crippen MR) is 129 cm³/mol. The summed E-state index contributed by atoms with van der Waals surface area (Å²) in [5.41, 5.74) is 2.03. The molecule has 33 heavy (non-hydrogen) atoms. The van der Waals surface area contributed by atoms with Crippen LogP contribution < -0.4 is 10.2 Å². The highest BCUT2D eigenvalue weighted by Crippen LogP contribution is 2.40. The fourth-order valence-electron chi connectivity index (χ4n) is 4.07. The first kappa shape index (κ1) is 21.2. The Balaban J connectivity index is 1.38. The van der Waals surface area contributed by atoms with Crippen LogP contribution in [0.4, 0.5) is 5.82 Å². The molecule has 0 spiro atoms. The van der Waals surface area contributed by atoms with Gasteiger partial charge in [0.1, 0.15) is 17.4 Å². The summed E-state index contributed by atoms with van der Waals surface area (Å²) in [4.78, 5) is 24.7. The van der Waals surface area contributed by atoms with Crippen molar-refractivity contribution < 1.29 is 9.21 Å². The van der Waals surface area contributed by atoms with Gasteiger partial charge in [0, 0.05) is 24.3 Å². The van der Waals surface area contributed by atoms with Crippen molar-refractivity contribution in [2.75, 3.05) is 11.4 Å². The molecule has 0 bridgehead atoms. The maximum absolute atomic E-state index is 12.8. The Labute approximate surface area is 193 Å². The van der Waals surface area contributed by atoms with E-state index in [0.29, 0.717) is 25.4 Å². The minimum absolute atomic E-state index is 0.0107. The molecule has 1 aliphatic carbocycles. The molecular weight excluding hydrogens is 412 g/mol. The van der Waals surface area contributed by atoms with Crippen molar-refractivity contribution in [3.63, 3.8) is 0 Å². The second kappa shape index (κ2) is 9.45. The Morgan fingerprint density at radius 2 is 1.85 bits per heavy atom. The molecule has 168 valence electrons. The predicted octanol–water partition coefficient (Wildman–Crippen LogP) is 5.37. The molecule has 4 aromatic rings. The van der Waals surface area contributed by atoms with E-state index in [-0.39, 0.29) is 11.9 Å². The van der Waals surface area contributed by atoms with E-state index in [1.165, 1.54) is 0 Å². The number of carbonyl (C=O) groups is 1. The van der Waals surface area contributed by atoms with E-state index in [4.69, 9.17) is 14.4 Å². The first-order valence-corrected chi connectivity index (χ1v) is 11.6. The van der Waals surface area contributed by atoms with Crippen LogP contribution in [0.5, 0.6) is 0 Å². The van der Waals surface area contributed by atoms with Gasteiger partial charge in [0.05, 0.1) is 24.4 Å². The molecule has 6 heteroatoms. The van der Waals surface area contributed by atoms with E-state index in [0.717, 1.165) is 46.7 Å². The Kier molecular flexibility index (Phi) is 6.07. The lowest BCUT2D eigenvalue weighted by atomic mass is 10.1. The van der Waals surface area contributed by atoms with Crippen LogP contribution in [0.15, 0.2) is 77.4 Å². The Morgan fingerprint density at radius 3 is 2.61 bits per heavy atom. The summed E-state index contributed by atoms with van der Waals surface area (Å²) in [6.07, 6.45) is 4.30. The van der Waals surface area contributed by atoms with Gasteiger partial charge in [0.25, 0.3) is 0 Å². The average molecular weight is 441 g/mol. The van der Waals surface area contributed by atoms with Gasteiger partial charge in [-0.3, -0.25) is 4.79 Å². The molecule has 0 radical (unpaired) electrons. The molecule has 1 fully saturated rings. The van der Waals surface area contributed by atoms with Gasteiger partial charge in [-0.05, 0) is 49.6 Å². The van der Waals surface area contributed by atoms with Crippen molar-refractivity contribution in [2.24, 2.45) is 0 Å². The number of aromatic nitrogens is 2. The van der Waals surface area contributed by atoms with Crippen LogP contribution in [0.2, 0.25) is 0 Å². The number of rotatable bonds is 9. The van der Waals surface area contributed by atoms with Gasteiger partial charge in [-0.15, -0.1) is 0 Å². The third kappa shape index (κ3) is 5.06. The van der Waals surface area contributed by atoms with Crippen LogP contribution in [0.1, 0.15) is 55.3 Å². The number of carbonyl (C=O) groups excluding carboxylic acids is 1. The van der Waals surface area contributed by atoms with Gasteiger partial charge >= 0.3 is 0 Å². The zero-order valence-electron chi connectivity index (χ0n) is 18.8. The van der Waals surface area contributed by atoms with Crippen molar-refractivity contribution in [2.45, 2.75) is 44.7 Å². The Hall–Kier alpha value is -3.67. The third-order valence-electron chi connectivity index (χ3n) is 6.06. The summed E-state index contributed by atoms with van der Waals surface area (Å²) < 4.78 is 5.63. The number of nitrogens with zero attached hydrogens (tertiary/aromatic N) is 3. The van der Waals surface area contributed by atoms with Gasteiger partial charge in [0.2, 0.25) is 5.91 Å². The summed E-state index contributed by atoms with van der Waals surface area (Å²) >= 11 is 0. The average Bonchev–Trinajstić information content (AvgIpc) is 3.58. The van der Waals surface area contributed by atoms with Gasteiger partial charge < -0.3 is 14.6 Å². The van der Waals surface area contributed by atoms with Crippen molar-refractivity contribution >= 4 is 22.6 Å². The largest absolute Gasteiger partial charge is 0.467 e. The maximum atomic E-state index is 12.8. The van der Waals surface area contributed by atoms with E-state index in [1.54, 1.807) is 6.26 Å². The van der Waals surface area contributed by atoms with Crippen molar-refractivity contribution in [3.8, 4) is 0 Å². The summed E-state index contributed by atoms with van der Waals surface area (Å²) in [5.74, 6) is 3.05. The van der Waals surface area contributed by atoms with Crippen molar-refractivity contribution in [1.29, 1.82) is 0 Å². The molecule has 2 heterocycles. The second-order valence-corrected chi connectivity index (χ2v) is 8.65. The number of fused-ring (bicyclic) bond motifs is 1. The summed E-state index contributed by atoms with van der Waals surface area (Å²) in [5, 5.41) is 4.11. The van der Waals surface area contributed by atoms with Crippen LogP contribution in [-0.2, 0) is 11.3 Å². The third-order valence-corrected chi connectivity index (χ3v) is 6.06. The number of anilines is 1.